The lowest BCUT2D eigenvalue weighted by molar-refractivity contribution is 0.351. The van der Waals surface area contributed by atoms with Crippen molar-refractivity contribution in [1.29, 1.82) is 0 Å². The first-order chi connectivity index (χ1) is 9.46. The summed E-state index contributed by atoms with van der Waals surface area (Å²) in [5, 5.41) is 4.74. The van der Waals surface area contributed by atoms with Crippen molar-refractivity contribution in [3.8, 4) is 0 Å². The molecule has 0 aliphatic carbocycles. The van der Waals surface area contributed by atoms with Crippen molar-refractivity contribution in [3.05, 3.63) is 53.0 Å². The molecule has 0 saturated heterocycles. The van der Waals surface area contributed by atoms with E-state index in [9.17, 15) is 8.42 Å². The Morgan fingerprint density at radius 2 is 2.00 bits per heavy atom. The second-order valence-electron chi connectivity index (χ2n) is 4.28. The normalized spacial score (nSPS) is 13.7. The fourth-order valence-electron chi connectivity index (χ4n) is 1.56. The number of hydrogen-bond donors (Lipinski definition) is 1. The third-order valence-corrected chi connectivity index (χ3v) is 3.67. The predicted octanol–water partition coefficient (Wildman–Crippen LogP) is 2.03. The van der Waals surface area contributed by atoms with Crippen LogP contribution in [0.2, 0.25) is 0 Å². The molecule has 0 fully saturated rings. The Kier molecular flexibility index (Phi) is 4.31. The number of aromatic nitrogens is 2. The summed E-state index contributed by atoms with van der Waals surface area (Å²) >= 11 is 0. The largest absolute Gasteiger partial charge is 0.338 e. The van der Waals surface area contributed by atoms with Gasteiger partial charge in [0.2, 0.25) is 15.9 Å². The third kappa shape index (κ3) is 4.01. The molecule has 7 heteroatoms. The lowest BCUT2D eigenvalue weighted by Gasteiger charge is -2.07. The molecule has 0 bridgehead atoms. The Morgan fingerprint density at radius 1 is 1.30 bits per heavy atom. The summed E-state index contributed by atoms with van der Waals surface area (Å²) in [6.07, 6.45) is 1.52. The highest BCUT2D eigenvalue weighted by atomic mass is 32.2. The van der Waals surface area contributed by atoms with Gasteiger partial charge in [-0.1, -0.05) is 35.5 Å². The summed E-state index contributed by atoms with van der Waals surface area (Å²) in [6.45, 7) is 3.31. The summed E-state index contributed by atoms with van der Waals surface area (Å²) in [5.74, 6) is 0.699. The van der Waals surface area contributed by atoms with Gasteiger partial charge in [0.25, 0.3) is 0 Å². The molecule has 1 atom stereocenters. The maximum atomic E-state index is 11.9. The van der Waals surface area contributed by atoms with Gasteiger partial charge in [0.05, 0.1) is 6.04 Å². The van der Waals surface area contributed by atoms with Crippen LogP contribution in [0.1, 0.15) is 30.2 Å². The van der Waals surface area contributed by atoms with Gasteiger partial charge in [-0.3, -0.25) is 0 Å². The van der Waals surface area contributed by atoms with Crippen LogP contribution in [0.25, 0.3) is 6.08 Å². The number of nitrogens with zero attached hydrogens (tertiary/aromatic N) is 2. The van der Waals surface area contributed by atoms with Gasteiger partial charge in [-0.15, -0.1) is 0 Å². The van der Waals surface area contributed by atoms with Crippen LogP contribution >= 0.6 is 0 Å². The summed E-state index contributed by atoms with van der Waals surface area (Å²) in [5.41, 5.74) is 0.805. The quantitative estimate of drug-likeness (QED) is 0.911. The van der Waals surface area contributed by atoms with Crippen molar-refractivity contribution in [3.63, 3.8) is 0 Å². The molecule has 6 nitrogen and oxygen atoms in total. The second-order valence-corrected chi connectivity index (χ2v) is 5.88. The number of hydrogen-bond acceptors (Lipinski definition) is 5. The SMILES string of the molecule is Cc1noc([C@@H](C)NS(=O)(=O)/C=C/c2ccccc2)n1. The van der Waals surface area contributed by atoms with Gasteiger partial charge in [0, 0.05) is 5.41 Å². The van der Waals surface area contributed by atoms with Crippen LogP contribution in [-0.4, -0.2) is 18.6 Å². The molecule has 1 aromatic heterocycles. The van der Waals surface area contributed by atoms with Crippen molar-refractivity contribution < 1.29 is 12.9 Å². The molecular weight excluding hydrogens is 278 g/mol. The van der Waals surface area contributed by atoms with Crippen molar-refractivity contribution in [2.45, 2.75) is 19.9 Å². The highest BCUT2D eigenvalue weighted by Gasteiger charge is 2.18. The van der Waals surface area contributed by atoms with Gasteiger partial charge in [-0.25, -0.2) is 8.42 Å². The molecule has 0 aliphatic heterocycles. The lowest BCUT2D eigenvalue weighted by atomic mass is 10.2. The smallest absolute Gasteiger partial charge is 0.244 e. The number of rotatable bonds is 5. The molecule has 0 spiro atoms. The lowest BCUT2D eigenvalue weighted by Crippen LogP contribution is -2.25. The summed E-state index contributed by atoms with van der Waals surface area (Å²) in [4.78, 5) is 3.98. The molecule has 0 saturated carbocycles. The van der Waals surface area contributed by atoms with Crippen molar-refractivity contribution >= 4 is 16.1 Å². The Hall–Kier alpha value is -1.99. The van der Waals surface area contributed by atoms with E-state index in [-0.39, 0.29) is 5.89 Å². The van der Waals surface area contributed by atoms with Crippen LogP contribution < -0.4 is 4.72 Å². The average molecular weight is 293 g/mol. The fourth-order valence-corrected chi connectivity index (χ4v) is 2.57. The van der Waals surface area contributed by atoms with Gasteiger partial charge >= 0.3 is 0 Å². The van der Waals surface area contributed by atoms with Crippen LogP contribution in [0.3, 0.4) is 0 Å². The molecule has 2 aromatic rings. The molecule has 106 valence electrons. The van der Waals surface area contributed by atoms with Crippen LogP contribution in [0.4, 0.5) is 0 Å². The molecule has 0 radical (unpaired) electrons. The highest BCUT2D eigenvalue weighted by molar-refractivity contribution is 7.92. The molecular formula is C13H15N3O3S. The van der Waals surface area contributed by atoms with Gasteiger partial charge < -0.3 is 4.52 Å². The molecule has 0 unspecified atom stereocenters. The van der Waals surface area contributed by atoms with Gasteiger partial charge in [0.15, 0.2) is 5.82 Å². The topological polar surface area (TPSA) is 85.1 Å². The second kappa shape index (κ2) is 5.98. The van der Waals surface area contributed by atoms with E-state index in [0.717, 1.165) is 11.0 Å². The van der Waals surface area contributed by atoms with E-state index in [4.69, 9.17) is 4.52 Å². The fraction of sp³-hybridized carbons (Fsp3) is 0.231. The summed E-state index contributed by atoms with van der Waals surface area (Å²) in [6, 6.07) is 8.59. The Morgan fingerprint density at radius 3 is 2.60 bits per heavy atom. The van der Waals surface area contributed by atoms with Crippen molar-refractivity contribution in [2.24, 2.45) is 0 Å². The number of nitrogens with one attached hydrogen (secondary N) is 1. The maximum absolute atomic E-state index is 11.9. The minimum atomic E-state index is -3.58. The third-order valence-electron chi connectivity index (χ3n) is 2.49. The first kappa shape index (κ1) is 14.4. The van der Waals surface area contributed by atoms with E-state index in [2.05, 4.69) is 14.9 Å². The Labute approximate surface area is 117 Å². The van der Waals surface area contributed by atoms with Crippen LogP contribution in [0.5, 0.6) is 0 Å². The van der Waals surface area contributed by atoms with Crippen LogP contribution in [0.15, 0.2) is 40.3 Å². The Balaban J connectivity index is 2.06. The first-order valence-corrected chi connectivity index (χ1v) is 7.56. The van der Waals surface area contributed by atoms with E-state index in [1.54, 1.807) is 13.8 Å². The monoisotopic (exact) mass is 293 g/mol. The zero-order valence-corrected chi connectivity index (χ0v) is 12.0. The maximum Gasteiger partial charge on any atom is 0.244 e. The molecule has 1 heterocycles. The Bertz CT molecular complexity index is 693. The average Bonchev–Trinajstić information content (AvgIpc) is 2.84. The van der Waals surface area contributed by atoms with Gasteiger partial charge in [0.1, 0.15) is 0 Å². The number of sulfonamides is 1. The highest BCUT2D eigenvalue weighted by Crippen LogP contribution is 2.11. The minimum absolute atomic E-state index is 0.235. The summed E-state index contributed by atoms with van der Waals surface area (Å²) < 4.78 is 31.2. The number of benzene rings is 1. The minimum Gasteiger partial charge on any atom is -0.338 e. The van der Waals surface area contributed by atoms with E-state index < -0.39 is 16.1 Å². The molecule has 2 rings (SSSR count). The molecule has 1 N–H and O–H groups in total. The van der Waals surface area contributed by atoms with Crippen molar-refractivity contribution in [1.82, 2.24) is 14.9 Å². The number of aryl methyl sites for hydroxylation is 1. The molecule has 20 heavy (non-hydrogen) atoms. The van der Waals surface area contributed by atoms with Crippen LogP contribution in [0, 0.1) is 6.92 Å². The van der Waals surface area contributed by atoms with E-state index in [1.165, 1.54) is 6.08 Å². The van der Waals surface area contributed by atoms with Gasteiger partial charge in [-0.2, -0.15) is 9.71 Å². The van der Waals surface area contributed by atoms with Crippen LogP contribution in [-0.2, 0) is 10.0 Å². The van der Waals surface area contributed by atoms with E-state index in [0.29, 0.717) is 5.82 Å². The standard InChI is InChI=1S/C13H15N3O3S/c1-10(13-14-11(2)15-19-13)16-20(17,18)9-8-12-6-4-3-5-7-12/h3-10,16H,1-2H3/b9-8+/t10-/m1/s1. The van der Waals surface area contributed by atoms with Gasteiger partial charge in [-0.05, 0) is 25.5 Å². The molecule has 0 amide bonds. The van der Waals surface area contributed by atoms with E-state index >= 15 is 0 Å². The zero-order chi connectivity index (χ0) is 14.6. The first-order valence-electron chi connectivity index (χ1n) is 6.02. The van der Waals surface area contributed by atoms with Crippen molar-refractivity contribution in [2.75, 3.05) is 0 Å². The zero-order valence-electron chi connectivity index (χ0n) is 11.1. The predicted molar refractivity (Wildman–Crippen MR) is 75.0 cm³/mol. The molecule has 0 aliphatic rings. The van der Waals surface area contributed by atoms with E-state index in [1.807, 2.05) is 30.3 Å². The summed E-state index contributed by atoms with van der Waals surface area (Å²) in [7, 11) is -3.58. The molecule has 1 aromatic carbocycles.